The van der Waals surface area contributed by atoms with Crippen LogP contribution in [0.15, 0.2) is 0 Å². The number of aliphatic carboxylic acids is 1. The van der Waals surface area contributed by atoms with E-state index in [9.17, 15) is 4.79 Å². The van der Waals surface area contributed by atoms with Crippen molar-refractivity contribution in [3.05, 3.63) is 0 Å². The average Bonchev–Trinajstić information content (AvgIpc) is 3.32. The highest BCUT2D eigenvalue weighted by atomic mass is 32.2. The van der Waals surface area contributed by atoms with Crippen LogP contribution in [0.25, 0.3) is 0 Å². The number of fused-ring (bicyclic) bond motifs is 2. The first-order valence-electron chi connectivity index (χ1n) is 10.3. The fraction of sp³-hybridized carbons (Fsp3) is 0.950. The molecule has 3 fully saturated rings. The second-order valence-corrected chi connectivity index (χ2v) is 9.21. The number of thioether (sulfide) groups is 1. The Balaban J connectivity index is 1.31. The van der Waals surface area contributed by atoms with Crippen molar-refractivity contribution >= 4 is 17.7 Å². The molecular formula is C20H34O4S. The second-order valence-electron chi connectivity index (χ2n) is 8.06. The third-order valence-electron chi connectivity index (χ3n) is 6.25. The molecule has 2 aliphatic heterocycles. The van der Waals surface area contributed by atoms with Gasteiger partial charge in [-0.1, -0.05) is 12.8 Å². The Morgan fingerprint density at radius 2 is 1.84 bits per heavy atom. The molecule has 2 saturated heterocycles. The van der Waals surface area contributed by atoms with Crippen molar-refractivity contribution in [2.75, 3.05) is 24.7 Å². The topological polar surface area (TPSA) is 55.8 Å². The van der Waals surface area contributed by atoms with Crippen LogP contribution >= 0.6 is 11.8 Å². The Labute approximate surface area is 156 Å². The highest BCUT2D eigenvalue weighted by molar-refractivity contribution is 7.99. The van der Waals surface area contributed by atoms with E-state index in [1.54, 1.807) is 0 Å². The molecule has 25 heavy (non-hydrogen) atoms. The van der Waals surface area contributed by atoms with E-state index in [0.29, 0.717) is 30.5 Å². The molecular weight excluding hydrogens is 336 g/mol. The molecule has 0 amide bonds. The van der Waals surface area contributed by atoms with Gasteiger partial charge in [0.2, 0.25) is 0 Å². The lowest BCUT2D eigenvalue weighted by Gasteiger charge is -2.28. The van der Waals surface area contributed by atoms with Gasteiger partial charge in [-0.25, -0.2) is 0 Å². The van der Waals surface area contributed by atoms with E-state index in [0.717, 1.165) is 44.1 Å². The van der Waals surface area contributed by atoms with Crippen molar-refractivity contribution in [3.8, 4) is 0 Å². The highest BCUT2D eigenvalue weighted by Gasteiger charge is 2.48. The zero-order chi connectivity index (χ0) is 17.5. The van der Waals surface area contributed by atoms with Crippen molar-refractivity contribution in [2.24, 2.45) is 17.8 Å². The monoisotopic (exact) mass is 370 g/mol. The van der Waals surface area contributed by atoms with Crippen LogP contribution in [0.3, 0.4) is 0 Å². The fourth-order valence-corrected chi connectivity index (χ4v) is 6.16. The van der Waals surface area contributed by atoms with E-state index < -0.39 is 5.97 Å². The van der Waals surface area contributed by atoms with Gasteiger partial charge in [0, 0.05) is 19.6 Å². The Morgan fingerprint density at radius 1 is 1.08 bits per heavy atom. The van der Waals surface area contributed by atoms with Gasteiger partial charge in [0.25, 0.3) is 0 Å². The number of rotatable bonds is 12. The van der Waals surface area contributed by atoms with E-state index in [1.165, 1.54) is 44.3 Å². The zero-order valence-electron chi connectivity index (χ0n) is 15.4. The first-order valence-corrected chi connectivity index (χ1v) is 11.4. The summed E-state index contributed by atoms with van der Waals surface area (Å²) >= 11 is 1.99. The maximum atomic E-state index is 10.5. The minimum Gasteiger partial charge on any atom is -0.481 e. The van der Waals surface area contributed by atoms with Gasteiger partial charge >= 0.3 is 5.97 Å². The first-order chi connectivity index (χ1) is 12.2. The lowest BCUT2D eigenvalue weighted by atomic mass is 9.79. The molecule has 144 valence electrons. The molecule has 4 atom stereocenters. The van der Waals surface area contributed by atoms with Gasteiger partial charge in [-0.3, -0.25) is 4.79 Å². The number of hydrogen-bond donors (Lipinski definition) is 1. The molecule has 0 aromatic carbocycles. The Hall–Kier alpha value is -0.260. The summed E-state index contributed by atoms with van der Waals surface area (Å²) in [6, 6.07) is 0. The summed E-state index contributed by atoms with van der Waals surface area (Å²) < 4.78 is 12.2. The summed E-state index contributed by atoms with van der Waals surface area (Å²) in [6.07, 6.45) is 12.2. The molecule has 3 rings (SSSR count). The molecule has 4 nitrogen and oxygen atoms in total. The zero-order valence-corrected chi connectivity index (χ0v) is 16.2. The second kappa shape index (κ2) is 10.2. The molecule has 1 saturated carbocycles. The van der Waals surface area contributed by atoms with E-state index >= 15 is 0 Å². The highest BCUT2D eigenvalue weighted by Crippen LogP contribution is 2.46. The third-order valence-corrected chi connectivity index (χ3v) is 7.45. The number of ether oxygens (including phenoxy) is 2. The van der Waals surface area contributed by atoms with Crippen molar-refractivity contribution < 1.29 is 19.4 Å². The first kappa shape index (κ1) is 19.5. The third kappa shape index (κ3) is 5.86. The maximum Gasteiger partial charge on any atom is 0.303 e. The van der Waals surface area contributed by atoms with Crippen LogP contribution in [0.4, 0.5) is 0 Å². The van der Waals surface area contributed by atoms with Gasteiger partial charge in [-0.15, -0.1) is 0 Å². The van der Waals surface area contributed by atoms with Crippen LogP contribution < -0.4 is 0 Å². The van der Waals surface area contributed by atoms with Gasteiger partial charge in [-0.05, 0) is 74.2 Å². The lowest BCUT2D eigenvalue weighted by Crippen LogP contribution is -2.30. The standard InChI is InChI=1S/C20H34O4S/c21-20(22)7-3-4-12-25-14-17-16(18-8-9-19(17)24-18)10-11-23-13-15-5-1-2-6-15/h15-19H,1-14H2,(H,21,22). The van der Waals surface area contributed by atoms with Crippen LogP contribution in [0.2, 0.25) is 0 Å². The molecule has 0 spiro atoms. The normalized spacial score (nSPS) is 31.8. The number of carboxylic acids is 1. The predicted molar refractivity (Wildman–Crippen MR) is 101 cm³/mol. The summed E-state index contributed by atoms with van der Waals surface area (Å²) in [5, 5.41) is 8.69. The SMILES string of the molecule is O=C(O)CCCCSCC1C2CCC(O2)C1CCOCC1CCCC1. The molecule has 1 aliphatic carbocycles. The van der Waals surface area contributed by atoms with E-state index in [2.05, 4.69) is 0 Å². The van der Waals surface area contributed by atoms with Crippen LogP contribution in [-0.2, 0) is 14.3 Å². The van der Waals surface area contributed by atoms with Gasteiger partial charge in [-0.2, -0.15) is 11.8 Å². The van der Waals surface area contributed by atoms with Crippen LogP contribution in [-0.4, -0.2) is 48.0 Å². The minimum absolute atomic E-state index is 0.304. The summed E-state index contributed by atoms with van der Waals surface area (Å²) in [6.45, 7) is 1.86. The van der Waals surface area contributed by atoms with Crippen molar-refractivity contribution in [3.63, 3.8) is 0 Å². The van der Waals surface area contributed by atoms with E-state index in [-0.39, 0.29) is 0 Å². The van der Waals surface area contributed by atoms with Crippen LogP contribution in [0, 0.1) is 17.8 Å². The largest absolute Gasteiger partial charge is 0.481 e. The summed E-state index contributed by atoms with van der Waals surface area (Å²) in [7, 11) is 0. The Morgan fingerprint density at radius 3 is 2.60 bits per heavy atom. The van der Waals surface area contributed by atoms with Crippen molar-refractivity contribution in [1.82, 2.24) is 0 Å². The number of carbonyl (C=O) groups is 1. The van der Waals surface area contributed by atoms with Crippen LogP contribution in [0.5, 0.6) is 0 Å². The molecule has 2 heterocycles. The molecule has 3 aliphatic rings. The quantitative estimate of drug-likeness (QED) is 0.517. The summed E-state index contributed by atoms with van der Waals surface area (Å²) in [4.78, 5) is 10.5. The smallest absolute Gasteiger partial charge is 0.303 e. The van der Waals surface area contributed by atoms with E-state index in [4.69, 9.17) is 14.6 Å². The van der Waals surface area contributed by atoms with E-state index in [1.807, 2.05) is 11.8 Å². The van der Waals surface area contributed by atoms with Crippen LogP contribution in [0.1, 0.15) is 64.2 Å². The number of hydrogen-bond acceptors (Lipinski definition) is 4. The van der Waals surface area contributed by atoms with Gasteiger partial charge in [0.05, 0.1) is 12.2 Å². The van der Waals surface area contributed by atoms with Gasteiger partial charge in [0.1, 0.15) is 0 Å². The Kier molecular flexibility index (Phi) is 7.93. The lowest BCUT2D eigenvalue weighted by molar-refractivity contribution is -0.137. The minimum atomic E-state index is -0.677. The number of unbranched alkanes of at least 4 members (excludes halogenated alkanes) is 1. The fourth-order valence-electron chi connectivity index (χ4n) is 4.85. The maximum absolute atomic E-state index is 10.5. The summed E-state index contributed by atoms with van der Waals surface area (Å²) in [5.74, 6) is 3.73. The molecule has 0 aromatic heterocycles. The van der Waals surface area contributed by atoms with Crippen molar-refractivity contribution in [2.45, 2.75) is 76.4 Å². The molecule has 0 aromatic rings. The van der Waals surface area contributed by atoms with Gasteiger partial charge in [0.15, 0.2) is 0 Å². The molecule has 0 radical (unpaired) electrons. The Bertz CT molecular complexity index is 411. The molecule has 1 N–H and O–H groups in total. The molecule has 5 heteroatoms. The molecule has 2 bridgehead atoms. The van der Waals surface area contributed by atoms with Crippen molar-refractivity contribution in [1.29, 1.82) is 0 Å². The predicted octanol–water partition coefficient (Wildman–Crippen LogP) is 4.37. The van der Waals surface area contributed by atoms with Gasteiger partial charge < -0.3 is 14.6 Å². The molecule has 4 unspecified atom stereocenters. The number of carboxylic acid groups (broad SMARTS) is 1. The summed E-state index contributed by atoms with van der Waals surface area (Å²) in [5.41, 5.74) is 0. The average molecular weight is 371 g/mol.